The van der Waals surface area contributed by atoms with E-state index >= 15 is 0 Å². The molecule has 0 aromatic carbocycles. The van der Waals surface area contributed by atoms with E-state index < -0.39 is 0 Å². The predicted molar refractivity (Wildman–Crippen MR) is 53.1 cm³/mol. The largest absolute Gasteiger partial charge is 0.346 e. The van der Waals surface area contributed by atoms with E-state index in [1.807, 2.05) is 0 Å². The smallest absolute Gasteiger partial charge is 0.194 e. The standard InChI is InChI=1S/4C2H5.BrH.Ru/c4*1-2;;/h4*1H2,2H3;1H;/q4*-1;;+1/p-1. The van der Waals surface area contributed by atoms with Crippen molar-refractivity contribution < 1.29 is 16.3 Å². The van der Waals surface area contributed by atoms with Gasteiger partial charge >= 0.3 is 30.0 Å². The average Bonchev–Trinajstić information content (AvgIpc) is 2.20. The van der Waals surface area contributed by atoms with Gasteiger partial charge in [0.25, 0.3) is 0 Å². The van der Waals surface area contributed by atoms with E-state index in [4.69, 9.17) is 0 Å². The SMILES string of the molecule is [Br][Ru].[CH2-]C.[CH2-]C.[CH2-]C.[CH2-]C. The van der Waals surface area contributed by atoms with Crippen molar-refractivity contribution in [3.8, 4) is 0 Å². The summed E-state index contributed by atoms with van der Waals surface area (Å²) in [6.07, 6.45) is 0. The van der Waals surface area contributed by atoms with Gasteiger partial charge in [0.05, 0.1) is 0 Å². The molecule has 0 saturated heterocycles. The van der Waals surface area contributed by atoms with E-state index in [0.29, 0.717) is 0 Å². The average molecular weight is 297 g/mol. The summed E-state index contributed by atoms with van der Waals surface area (Å²) < 4.78 is 0. The topological polar surface area (TPSA) is 0 Å². The predicted octanol–water partition coefficient (Wildman–Crippen LogP) is 4.20. The summed E-state index contributed by atoms with van der Waals surface area (Å²) in [6.45, 7) is 20.0. The molecule has 0 bridgehead atoms. The quantitative estimate of drug-likeness (QED) is 0.464. The van der Waals surface area contributed by atoms with Crippen LogP contribution in [-0.4, -0.2) is 0 Å². The minimum atomic E-state index is 1.75. The monoisotopic (exact) mass is 297 g/mol. The van der Waals surface area contributed by atoms with Crippen LogP contribution < -0.4 is 0 Å². The molecule has 0 heterocycles. The maximum Gasteiger partial charge on any atom is -0.194 e. The summed E-state index contributed by atoms with van der Waals surface area (Å²) in [4.78, 5) is 0. The van der Waals surface area contributed by atoms with Crippen molar-refractivity contribution in [3.05, 3.63) is 27.7 Å². The Morgan fingerprint density at radius 2 is 0.600 bits per heavy atom. The molecule has 71 valence electrons. The van der Waals surface area contributed by atoms with E-state index in [1.165, 1.54) is 0 Å². The van der Waals surface area contributed by atoms with Gasteiger partial charge in [-0.2, -0.15) is 27.7 Å². The Morgan fingerprint density at radius 3 is 0.600 bits per heavy atom. The van der Waals surface area contributed by atoms with Crippen LogP contribution in [0.5, 0.6) is 0 Å². The van der Waals surface area contributed by atoms with E-state index in [9.17, 15) is 0 Å². The van der Waals surface area contributed by atoms with Crippen molar-refractivity contribution in [1.29, 1.82) is 0 Å². The van der Waals surface area contributed by atoms with Crippen molar-refractivity contribution >= 4 is 13.6 Å². The van der Waals surface area contributed by atoms with Gasteiger partial charge < -0.3 is 27.7 Å². The summed E-state index contributed by atoms with van der Waals surface area (Å²) in [5.74, 6) is 0. The van der Waals surface area contributed by atoms with Crippen LogP contribution in [0.15, 0.2) is 0 Å². The summed E-state index contributed by atoms with van der Waals surface area (Å²) in [5, 5.41) is 0. The molecule has 0 rings (SSSR count). The van der Waals surface area contributed by atoms with Gasteiger partial charge in [-0.1, -0.05) is 0 Å². The second kappa shape index (κ2) is 688. The fourth-order valence-corrected chi connectivity index (χ4v) is 0. The van der Waals surface area contributed by atoms with Gasteiger partial charge in [0.1, 0.15) is 0 Å². The first-order chi connectivity index (χ1) is 5.00. The van der Waals surface area contributed by atoms with Crippen LogP contribution in [0, 0.1) is 27.7 Å². The van der Waals surface area contributed by atoms with Crippen LogP contribution in [0.2, 0.25) is 0 Å². The molecule has 2 heteroatoms. The molecule has 0 aromatic heterocycles. The molecule has 0 aliphatic rings. The molecule has 0 saturated carbocycles. The summed E-state index contributed by atoms with van der Waals surface area (Å²) in [6, 6.07) is 0. The third-order valence-corrected chi connectivity index (χ3v) is 0. The minimum Gasteiger partial charge on any atom is -0.346 e. The maximum atomic E-state index is 3.25. The Balaban J connectivity index is -0.0000000104. The van der Waals surface area contributed by atoms with Crippen molar-refractivity contribution in [2.75, 3.05) is 0 Å². The van der Waals surface area contributed by atoms with Crippen LogP contribution in [0.25, 0.3) is 0 Å². The Bertz CT molecular complexity index is 9.22. The fourth-order valence-electron chi connectivity index (χ4n) is 0. The van der Waals surface area contributed by atoms with E-state index in [0.717, 1.165) is 0 Å². The number of hydrogen-bond acceptors (Lipinski definition) is 0. The molecule has 0 nitrogen and oxygen atoms in total. The second-order valence-corrected chi connectivity index (χ2v) is 0. The van der Waals surface area contributed by atoms with Crippen LogP contribution in [0.4, 0.5) is 0 Å². The van der Waals surface area contributed by atoms with Gasteiger partial charge in [0.2, 0.25) is 0 Å². The van der Waals surface area contributed by atoms with E-state index in [-0.39, 0.29) is 0 Å². The molecule has 0 spiro atoms. The van der Waals surface area contributed by atoms with Gasteiger partial charge in [-0.15, -0.1) is 0 Å². The second-order valence-electron chi connectivity index (χ2n) is 0. The van der Waals surface area contributed by atoms with Crippen LogP contribution in [0.3, 0.4) is 0 Å². The fraction of sp³-hybridized carbons (Fsp3) is 0.500. The molecule has 0 aromatic rings. The summed E-state index contributed by atoms with van der Waals surface area (Å²) in [7, 11) is 0. The Kier molecular flexibility index (Phi) is 2090. The Labute approximate surface area is 85.2 Å². The minimum absolute atomic E-state index is 1.75. The van der Waals surface area contributed by atoms with Crippen molar-refractivity contribution in [1.82, 2.24) is 0 Å². The molecule has 0 amide bonds. The van der Waals surface area contributed by atoms with Crippen molar-refractivity contribution in [3.63, 3.8) is 0 Å². The maximum absolute atomic E-state index is 3.25. The zero-order valence-corrected chi connectivity index (χ0v) is 10.9. The zero-order chi connectivity index (χ0) is 10.0. The van der Waals surface area contributed by atoms with Crippen molar-refractivity contribution in [2.24, 2.45) is 0 Å². The normalized spacial score (nSPS) is 3.00. The van der Waals surface area contributed by atoms with E-state index in [1.54, 1.807) is 27.7 Å². The number of hydrogen-bond donors (Lipinski definition) is 0. The Hall–Kier alpha value is 1.10. The molecule has 0 radical (unpaired) electrons. The third kappa shape index (κ3) is 491. The first-order valence-electron chi connectivity index (χ1n) is 2.96. The molecule has 0 unspecified atom stereocenters. The van der Waals surface area contributed by atoms with Crippen LogP contribution in [-0.2, 0) is 16.3 Å². The molecule has 0 aliphatic heterocycles. The van der Waals surface area contributed by atoms with Gasteiger partial charge in [0.15, 0.2) is 0 Å². The molecular weight excluding hydrogens is 277 g/mol. The molecular formula is C8H20BrRu-4. The summed E-state index contributed by atoms with van der Waals surface area (Å²) >= 11 is 5.03. The van der Waals surface area contributed by atoms with Crippen molar-refractivity contribution in [2.45, 2.75) is 27.7 Å². The number of halogens is 1. The molecule has 0 N–H and O–H groups in total. The molecule has 10 heavy (non-hydrogen) atoms. The first kappa shape index (κ1) is 30.4. The van der Waals surface area contributed by atoms with Gasteiger partial charge in [-0.05, 0) is 0 Å². The first-order valence-corrected chi connectivity index (χ1v) is 6.94. The van der Waals surface area contributed by atoms with Gasteiger partial charge in [-0.25, -0.2) is 0 Å². The third-order valence-electron chi connectivity index (χ3n) is 0. The zero-order valence-electron chi connectivity index (χ0n) is 7.56. The summed E-state index contributed by atoms with van der Waals surface area (Å²) in [5.41, 5.74) is 0. The Morgan fingerprint density at radius 1 is 0.600 bits per heavy atom. The van der Waals surface area contributed by atoms with E-state index in [2.05, 4.69) is 57.7 Å². The number of rotatable bonds is 0. The molecule has 0 atom stereocenters. The van der Waals surface area contributed by atoms with Crippen LogP contribution in [0.1, 0.15) is 27.7 Å². The van der Waals surface area contributed by atoms with Gasteiger partial charge in [-0.3, -0.25) is 0 Å². The van der Waals surface area contributed by atoms with Crippen LogP contribution >= 0.6 is 13.6 Å². The molecule has 0 aliphatic carbocycles. The van der Waals surface area contributed by atoms with Gasteiger partial charge in [0, 0.05) is 0 Å². The molecule has 0 fully saturated rings.